The molecule has 0 atom stereocenters. The van der Waals surface area contributed by atoms with E-state index in [2.05, 4.69) is 65.7 Å². The van der Waals surface area contributed by atoms with Crippen LogP contribution in [0, 0.1) is 0 Å². The maximum absolute atomic E-state index is 4.91. The van der Waals surface area contributed by atoms with Crippen LogP contribution in [0.4, 0.5) is 0 Å². The summed E-state index contributed by atoms with van der Waals surface area (Å²) in [5.74, 6) is 0.865. The average molecular weight is 550 g/mol. The molecule has 0 saturated heterocycles. The number of hydrogen-bond donors (Lipinski definition) is 0. The number of fused-ring (bicyclic) bond motifs is 1. The number of nitrogens with zero attached hydrogens (tertiary/aromatic N) is 5. The van der Waals surface area contributed by atoms with Crippen LogP contribution in [0.5, 0.6) is 0 Å². The Morgan fingerprint density at radius 2 is 1.58 bits per heavy atom. The third-order valence-electron chi connectivity index (χ3n) is 6.90. The summed E-state index contributed by atoms with van der Waals surface area (Å²) in [6, 6.07) is 8.80. The van der Waals surface area contributed by atoms with Crippen molar-refractivity contribution in [3.63, 3.8) is 0 Å². The van der Waals surface area contributed by atoms with E-state index in [0.29, 0.717) is 0 Å². The molecule has 0 radical (unpaired) electrons. The molecule has 4 aromatic heterocycles. The van der Waals surface area contributed by atoms with E-state index in [1.807, 2.05) is 23.0 Å². The molecule has 0 aromatic carbocycles. The Kier molecular flexibility index (Phi) is 8.23. The second-order valence-corrected chi connectivity index (χ2v) is 22.5. The summed E-state index contributed by atoms with van der Waals surface area (Å²) in [6.07, 6.45) is 20.0. The van der Waals surface area contributed by atoms with Crippen molar-refractivity contribution in [3.05, 3.63) is 61.6 Å². The van der Waals surface area contributed by atoms with Crippen molar-refractivity contribution in [2.24, 2.45) is 0 Å². The van der Waals surface area contributed by atoms with Gasteiger partial charge in [-0.3, -0.25) is 0 Å². The van der Waals surface area contributed by atoms with Gasteiger partial charge in [0.25, 0.3) is 0 Å². The van der Waals surface area contributed by atoms with Crippen molar-refractivity contribution in [2.75, 3.05) is 0 Å². The van der Waals surface area contributed by atoms with Crippen LogP contribution in [0.15, 0.2) is 61.6 Å². The second kappa shape index (κ2) is 11.3. The number of unbranched alkanes of at least 4 members (excludes halogenated alkanes) is 3. The number of hydrogen-bond acceptors (Lipinski definition) is 3. The third-order valence-corrected chi connectivity index (χ3v) is 22.5. The molecule has 0 aliphatic rings. The first-order valence-corrected chi connectivity index (χ1v) is 20.1. The van der Waals surface area contributed by atoms with Crippen LogP contribution in [0.1, 0.15) is 59.3 Å². The molecule has 33 heavy (non-hydrogen) atoms. The summed E-state index contributed by atoms with van der Waals surface area (Å²) < 4.78 is 10.3. The summed E-state index contributed by atoms with van der Waals surface area (Å²) in [6.45, 7) is 7.02. The van der Waals surface area contributed by atoms with Gasteiger partial charge in [-0.15, -0.1) is 0 Å². The Bertz CT molecular complexity index is 1110. The normalized spacial score (nSPS) is 12.0. The van der Waals surface area contributed by atoms with E-state index in [-0.39, 0.29) is 0 Å². The van der Waals surface area contributed by atoms with E-state index in [0.717, 1.165) is 22.7 Å². The van der Waals surface area contributed by atoms with Gasteiger partial charge in [0.15, 0.2) is 0 Å². The predicted octanol–water partition coefficient (Wildman–Crippen LogP) is 6.64. The van der Waals surface area contributed by atoms with Crippen LogP contribution < -0.4 is 3.58 Å². The molecule has 0 bridgehead atoms. The van der Waals surface area contributed by atoms with E-state index in [1.54, 1.807) is 16.1 Å². The quantitative estimate of drug-likeness (QED) is 0.186. The van der Waals surface area contributed by atoms with E-state index in [9.17, 15) is 0 Å². The van der Waals surface area contributed by atoms with Gasteiger partial charge in [-0.25, -0.2) is 0 Å². The minimum absolute atomic E-state index is 0.865. The van der Waals surface area contributed by atoms with Gasteiger partial charge in [-0.05, 0) is 0 Å². The molecule has 4 aromatic rings. The summed E-state index contributed by atoms with van der Waals surface area (Å²) >= 11 is -2.45. The zero-order valence-corrected chi connectivity index (χ0v) is 23.2. The van der Waals surface area contributed by atoms with E-state index in [4.69, 9.17) is 4.98 Å². The molecule has 6 heteroatoms. The van der Waals surface area contributed by atoms with Gasteiger partial charge in [0.05, 0.1) is 0 Å². The zero-order chi connectivity index (χ0) is 23.1. The first-order chi connectivity index (χ1) is 16.2. The summed E-state index contributed by atoms with van der Waals surface area (Å²) in [4.78, 5) is 13.6. The number of rotatable bonds is 12. The number of imidazole rings is 2. The van der Waals surface area contributed by atoms with Gasteiger partial charge in [-0.1, -0.05) is 0 Å². The predicted molar refractivity (Wildman–Crippen MR) is 140 cm³/mol. The SMILES string of the molecule is CCC[CH2][Sn]([CH2]CCC)([CH2]CCC)[c]1ccc2nc(-c3ccc(-n4ccnc4)nc3)cn2c1. The zero-order valence-electron chi connectivity index (χ0n) is 20.4. The van der Waals surface area contributed by atoms with Crippen molar-refractivity contribution in [1.82, 2.24) is 23.9 Å². The van der Waals surface area contributed by atoms with Crippen LogP contribution >= 0.6 is 0 Å². The molecule has 4 heterocycles. The van der Waals surface area contributed by atoms with Crippen LogP contribution in [0.2, 0.25) is 13.3 Å². The monoisotopic (exact) mass is 551 g/mol. The molecule has 0 N–H and O–H groups in total. The van der Waals surface area contributed by atoms with E-state index >= 15 is 0 Å². The maximum atomic E-state index is 4.91. The molecule has 5 nitrogen and oxygen atoms in total. The molecule has 0 aliphatic heterocycles. The molecule has 0 unspecified atom stereocenters. The average Bonchev–Trinajstić information content (AvgIpc) is 3.54. The Morgan fingerprint density at radius 1 is 0.848 bits per heavy atom. The van der Waals surface area contributed by atoms with Crippen LogP contribution in [-0.4, -0.2) is 42.3 Å². The molecule has 0 fully saturated rings. The van der Waals surface area contributed by atoms with Gasteiger partial charge >= 0.3 is 203 Å². The van der Waals surface area contributed by atoms with Crippen LogP contribution in [-0.2, 0) is 0 Å². The third kappa shape index (κ3) is 5.50. The molecule has 174 valence electrons. The van der Waals surface area contributed by atoms with Crippen molar-refractivity contribution < 1.29 is 0 Å². The minimum atomic E-state index is -2.45. The first kappa shape index (κ1) is 24.0. The molecule has 0 spiro atoms. The number of aromatic nitrogens is 5. The Balaban J connectivity index is 1.66. The van der Waals surface area contributed by atoms with Crippen molar-refractivity contribution >= 4 is 27.6 Å². The fourth-order valence-electron chi connectivity index (χ4n) is 4.88. The van der Waals surface area contributed by atoms with Gasteiger partial charge in [0, 0.05) is 0 Å². The van der Waals surface area contributed by atoms with Crippen molar-refractivity contribution in [2.45, 2.75) is 72.6 Å². The summed E-state index contributed by atoms with van der Waals surface area (Å²) in [7, 11) is 0. The van der Waals surface area contributed by atoms with Crippen LogP contribution in [0.25, 0.3) is 22.7 Å². The fourth-order valence-corrected chi connectivity index (χ4v) is 20.7. The molecule has 0 aliphatic carbocycles. The molecule has 0 amide bonds. The fraction of sp³-hybridized carbons (Fsp3) is 0.444. The second-order valence-electron chi connectivity index (χ2n) is 9.28. The Morgan fingerprint density at radius 3 is 2.15 bits per heavy atom. The summed E-state index contributed by atoms with van der Waals surface area (Å²) in [5.41, 5.74) is 3.05. The standard InChI is InChI=1S/C15H10N5.3C4H9.Sn/c1-2-7-19-10-13(18-15(19)3-1)12-4-5-14(17-9-12)20-8-6-16-11-20;3*1-3-4-2;/h1,3-11H;3*1,3-4H2,2H3;. The summed E-state index contributed by atoms with van der Waals surface area (Å²) in [5, 5.41) is 0. The number of pyridine rings is 2. The topological polar surface area (TPSA) is 48.0 Å². The van der Waals surface area contributed by atoms with E-state index in [1.165, 1.54) is 51.8 Å². The van der Waals surface area contributed by atoms with Crippen LogP contribution in [0.3, 0.4) is 0 Å². The van der Waals surface area contributed by atoms with E-state index < -0.39 is 18.4 Å². The molecule has 0 saturated carbocycles. The molecular formula is C27H37N5Sn. The molecule has 4 rings (SSSR count). The van der Waals surface area contributed by atoms with Gasteiger partial charge in [0.2, 0.25) is 0 Å². The Labute approximate surface area is 202 Å². The van der Waals surface area contributed by atoms with Crippen molar-refractivity contribution in [3.8, 4) is 17.1 Å². The first-order valence-electron chi connectivity index (χ1n) is 12.6. The van der Waals surface area contributed by atoms with Gasteiger partial charge in [-0.2, -0.15) is 0 Å². The molecular weight excluding hydrogens is 513 g/mol. The van der Waals surface area contributed by atoms with Crippen molar-refractivity contribution in [1.29, 1.82) is 0 Å². The van der Waals surface area contributed by atoms with Gasteiger partial charge < -0.3 is 0 Å². The van der Waals surface area contributed by atoms with Gasteiger partial charge in [0.1, 0.15) is 0 Å². The Hall–Kier alpha value is -2.15.